The summed E-state index contributed by atoms with van der Waals surface area (Å²) < 4.78 is 0. The molecule has 2 N–H and O–H groups in total. The molecule has 2 rings (SSSR count). The molecular formula is C12H18ClN3OS. The molecule has 1 saturated heterocycles. The van der Waals surface area contributed by atoms with Crippen LogP contribution in [-0.2, 0) is 4.79 Å². The van der Waals surface area contributed by atoms with Crippen LogP contribution in [0.15, 0.2) is 29.4 Å². The first-order chi connectivity index (χ1) is 8.29. The fraction of sp³-hybridized carbons (Fsp3) is 0.500. The van der Waals surface area contributed by atoms with Crippen molar-refractivity contribution >= 4 is 30.1 Å². The number of hydrogen-bond donors (Lipinski definition) is 1. The minimum atomic E-state index is 0. The number of carbonyl (C=O) groups excluding carboxylic acids is 1. The van der Waals surface area contributed by atoms with Gasteiger partial charge in [-0.3, -0.25) is 9.78 Å². The summed E-state index contributed by atoms with van der Waals surface area (Å²) in [5.74, 6) is 1.20. The Balaban J connectivity index is 0.00000162. The lowest BCUT2D eigenvalue weighted by Gasteiger charge is -2.15. The van der Waals surface area contributed by atoms with Crippen molar-refractivity contribution in [2.75, 3.05) is 25.4 Å². The number of amides is 1. The van der Waals surface area contributed by atoms with Crippen LogP contribution in [0.2, 0.25) is 0 Å². The van der Waals surface area contributed by atoms with Crippen molar-refractivity contribution in [2.24, 2.45) is 11.7 Å². The number of thioether (sulfide) groups is 1. The molecular weight excluding hydrogens is 270 g/mol. The van der Waals surface area contributed by atoms with E-state index in [1.54, 1.807) is 24.2 Å². The third-order valence-corrected chi connectivity index (χ3v) is 3.98. The van der Waals surface area contributed by atoms with Crippen LogP contribution in [0.5, 0.6) is 0 Å². The predicted octanol–water partition coefficient (Wildman–Crippen LogP) is 1.40. The summed E-state index contributed by atoms with van der Waals surface area (Å²) in [6.07, 6.45) is 4.53. The second-order valence-corrected chi connectivity index (χ2v) is 5.25. The molecule has 0 bridgehead atoms. The molecule has 0 spiro atoms. The van der Waals surface area contributed by atoms with Crippen LogP contribution in [0.25, 0.3) is 0 Å². The second kappa shape index (κ2) is 7.61. The lowest BCUT2D eigenvalue weighted by atomic mass is 10.1. The summed E-state index contributed by atoms with van der Waals surface area (Å²) in [5.41, 5.74) is 5.61. The number of pyridine rings is 1. The number of nitrogens with zero attached hydrogens (tertiary/aromatic N) is 2. The molecule has 18 heavy (non-hydrogen) atoms. The quantitative estimate of drug-likeness (QED) is 0.851. The third-order valence-electron chi connectivity index (χ3n) is 2.98. The molecule has 1 fully saturated rings. The van der Waals surface area contributed by atoms with Crippen molar-refractivity contribution in [1.29, 1.82) is 0 Å². The number of likely N-dealkylation sites (tertiary alicyclic amines) is 1. The van der Waals surface area contributed by atoms with E-state index < -0.39 is 0 Å². The van der Waals surface area contributed by atoms with Gasteiger partial charge in [-0.1, -0.05) is 0 Å². The van der Waals surface area contributed by atoms with E-state index in [4.69, 9.17) is 5.73 Å². The maximum absolute atomic E-state index is 11.9. The van der Waals surface area contributed by atoms with Crippen LogP contribution in [-0.4, -0.2) is 41.2 Å². The summed E-state index contributed by atoms with van der Waals surface area (Å²) in [4.78, 5) is 18.9. The van der Waals surface area contributed by atoms with E-state index in [9.17, 15) is 4.79 Å². The highest BCUT2D eigenvalue weighted by Gasteiger charge is 2.24. The Morgan fingerprint density at radius 3 is 2.83 bits per heavy atom. The highest BCUT2D eigenvalue weighted by atomic mass is 35.5. The van der Waals surface area contributed by atoms with E-state index >= 15 is 0 Å². The highest BCUT2D eigenvalue weighted by molar-refractivity contribution is 8.00. The van der Waals surface area contributed by atoms with Crippen LogP contribution < -0.4 is 5.73 Å². The van der Waals surface area contributed by atoms with Gasteiger partial charge in [0.05, 0.1) is 5.75 Å². The van der Waals surface area contributed by atoms with Gasteiger partial charge in [0, 0.05) is 30.4 Å². The predicted molar refractivity (Wildman–Crippen MR) is 76.0 cm³/mol. The number of aromatic nitrogens is 1. The van der Waals surface area contributed by atoms with Crippen molar-refractivity contribution in [1.82, 2.24) is 9.88 Å². The normalized spacial score (nSPS) is 18.5. The van der Waals surface area contributed by atoms with Gasteiger partial charge in [0.15, 0.2) is 0 Å². The fourth-order valence-corrected chi connectivity index (χ4v) is 2.71. The summed E-state index contributed by atoms with van der Waals surface area (Å²) in [6, 6.07) is 3.84. The van der Waals surface area contributed by atoms with E-state index in [2.05, 4.69) is 4.98 Å². The maximum atomic E-state index is 11.9. The first-order valence-electron chi connectivity index (χ1n) is 5.80. The van der Waals surface area contributed by atoms with Crippen LogP contribution in [0.4, 0.5) is 0 Å². The monoisotopic (exact) mass is 287 g/mol. The van der Waals surface area contributed by atoms with Gasteiger partial charge >= 0.3 is 0 Å². The molecule has 1 aromatic rings. The zero-order valence-electron chi connectivity index (χ0n) is 10.1. The van der Waals surface area contributed by atoms with Gasteiger partial charge in [-0.05, 0) is 31.0 Å². The van der Waals surface area contributed by atoms with Gasteiger partial charge < -0.3 is 10.6 Å². The number of rotatable bonds is 4. The minimum absolute atomic E-state index is 0. The average molecular weight is 288 g/mol. The van der Waals surface area contributed by atoms with E-state index in [1.807, 2.05) is 17.0 Å². The molecule has 1 aromatic heterocycles. The number of carbonyl (C=O) groups is 1. The Morgan fingerprint density at radius 1 is 1.50 bits per heavy atom. The number of hydrogen-bond acceptors (Lipinski definition) is 4. The van der Waals surface area contributed by atoms with E-state index in [-0.39, 0.29) is 18.3 Å². The molecule has 0 aromatic carbocycles. The van der Waals surface area contributed by atoms with Crippen LogP contribution >= 0.6 is 24.2 Å². The van der Waals surface area contributed by atoms with Crippen molar-refractivity contribution in [3.8, 4) is 0 Å². The second-order valence-electron chi connectivity index (χ2n) is 4.20. The van der Waals surface area contributed by atoms with E-state index in [0.717, 1.165) is 24.4 Å². The SMILES string of the molecule is Cl.NCC1CCN(C(=O)CSc2ccncc2)C1. The first-order valence-corrected chi connectivity index (χ1v) is 6.79. The van der Waals surface area contributed by atoms with Crippen molar-refractivity contribution in [2.45, 2.75) is 11.3 Å². The molecule has 2 heterocycles. The highest BCUT2D eigenvalue weighted by Crippen LogP contribution is 2.20. The smallest absolute Gasteiger partial charge is 0.232 e. The topological polar surface area (TPSA) is 59.2 Å². The maximum Gasteiger partial charge on any atom is 0.232 e. The molecule has 6 heteroatoms. The van der Waals surface area contributed by atoms with Crippen LogP contribution in [0.3, 0.4) is 0 Å². The molecule has 4 nitrogen and oxygen atoms in total. The lowest BCUT2D eigenvalue weighted by Crippen LogP contribution is -2.31. The van der Waals surface area contributed by atoms with E-state index in [0.29, 0.717) is 18.2 Å². The Morgan fingerprint density at radius 2 is 2.22 bits per heavy atom. The largest absolute Gasteiger partial charge is 0.342 e. The van der Waals surface area contributed by atoms with Gasteiger partial charge in [-0.25, -0.2) is 0 Å². The summed E-state index contributed by atoms with van der Waals surface area (Å²) >= 11 is 1.56. The Hall–Kier alpha value is -0.780. The molecule has 0 aliphatic carbocycles. The van der Waals surface area contributed by atoms with Crippen molar-refractivity contribution < 1.29 is 4.79 Å². The van der Waals surface area contributed by atoms with Crippen LogP contribution in [0, 0.1) is 5.92 Å². The van der Waals surface area contributed by atoms with Crippen molar-refractivity contribution in [3.05, 3.63) is 24.5 Å². The van der Waals surface area contributed by atoms with Gasteiger partial charge in [0.2, 0.25) is 5.91 Å². The lowest BCUT2D eigenvalue weighted by molar-refractivity contribution is -0.127. The Labute approximate surface area is 118 Å². The summed E-state index contributed by atoms with van der Waals surface area (Å²) in [5, 5.41) is 0. The van der Waals surface area contributed by atoms with Gasteiger partial charge in [-0.2, -0.15) is 0 Å². The molecule has 1 unspecified atom stereocenters. The minimum Gasteiger partial charge on any atom is -0.342 e. The standard InChI is InChI=1S/C12H17N3OS.ClH/c13-7-10-3-6-15(8-10)12(16)9-17-11-1-4-14-5-2-11;/h1-2,4-5,10H,3,6-9,13H2;1H. The first kappa shape index (κ1) is 15.3. The molecule has 0 saturated carbocycles. The van der Waals surface area contributed by atoms with E-state index in [1.165, 1.54) is 0 Å². The molecule has 100 valence electrons. The number of nitrogens with two attached hydrogens (primary N) is 1. The molecule has 1 atom stereocenters. The Kier molecular flexibility index (Phi) is 6.46. The van der Waals surface area contributed by atoms with Crippen molar-refractivity contribution in [3.63, 3.8) is 0 Å². The number of halogens is 1. The zero-order valence-corrected chi connectivity index (χ0v) is 11.8. The summed E-state index contributed by atoms with van der Waals surface area (Å²) in [6.45, 7) is 2.37. The molecule has 1 aliphatic rings. The summed E-state index contributed by atoms with van der Waals surface area (Å²) in [7, 11) is 0. The van der Waals surface area contributed by atoms with Crippen LogP contribution in [0.1, 0.15) is 6.42 Å². The fourth-order valence-electron chi connectivity index (χ4n) is 1.92. The Bertz CT molecular complexity index is 377. The third kappa shape index (κ3) is 4.15. The van der Waals surface area contributed by atoms with Gasteiger partial charge in [-0.15, -0.1) is 24.2 Å². The molecule has 0 radical (unpaired) electrons. The van der Waals surface area contributed by atoms with Gasteiger partial charge in [0.1, 0.15) is 0 Å². The van der Waals surface area contributed by atoms with Gasteiger partial charge in [0.25, 0.3) is 0 Å². The molecule has 1 aliphatic heterocycles. The zero-order chi connectivity index (χ0) is 12.1. The average Bonchev–Trinajstić information content (AvgIpc) is 2.86. The molecule has 1 amide bonds.